The van der Waals surface area contributed by atoms with Crippen molar-refractivity contribution in [3.63, 3.8) is 0 Å². The SMILES string of the molecule is COc1cc(C)c(C(=O)N2CCN(C(=O)C(C)C)CC2)cc1C(C)C. The molecule has 138 valence electrons. The molecule has 0 unspecified atom stereocenters. The Hall–Kier alpha value is -2.04. The number of methoxy groups -OCH3 is 1. The molecule has 5 heteroatoms. The van der Waals surface area contributed by atoms with Crippen molar-refractivity contribution in [2.24, 2.45) is 5.92 Å². The third kappa shape index (κ3) is 4.14. The van der Waals surface area contributed by atoms with E-state index in [1.165, 1.54) is 0 Å². The lowest BCUT2D eigenvalue weighted by Crippen LogP contribution is -2.51. The molecule has 1 aromatic carbocycles. The zero-order valence-electron chi connectivity index (χ0n) is 16.3. The number of aryl methyl sites for hydroxylation is 1. The Labute approximate surface area is 150 Å². The van der Waals surface area contributed by atoms with Crippen molar-refractivity contribution in [3.05, 3.63) is 28.8 Å². The number of hydrogen-bond donors (Lipinski definition) is 0. The smallest absolute Gasteiger partial charge is 0.254 e. The second-order valence-electron chi connectivity index (χ2n) is 7.34. The van der Waals surface area contributed by atoms with Gasteiger partial charge >= 0.3 is 0 Å². The first-order chi connectivity index (χ1) is 11.8. The molecule has 0 aromatic heterocycles. The van der Waals surface area contributed by atoms with Crippen molar-refractivity contribution < 1.29 is 14.3 Å². The molecular weight excluding hydrogens is 316 g/mol. The van der Waals surface area contributed by atoms with Crippen LogP contribution in [0, 0.1) is 12.8 Å². The minimum absolute atomic E-state index is 0.000292. The van der Waals surface area contributed by atoms with Gasteiger partial charge < -0.3 is 14.5 Å². The van der Waals surface area contributed by atoms with Crippen molar-refractivity contribution in [3.8, 4) is 5.75 Å². The van der Waals surface area contributed by atoms with Crippen molar-refractivity contribution in [1.29, 1.82) is 0 Å². The lowest BCUT2D eigenvalue weighted by molar-refractivity contribution is -0.135. The van der Waals surface area contributed by atoms with Crippen LogP contribution in [0.2, 0.25) is 0 Å². The van der Waals surface area contributed by atoms with Crippen molar-refractivity contribution in [2.45, 2.75) is 40.5 Å². The highest BCUT2D eigenvalue weighted by Crippen LogP contribution is 2.30. The quantitative estimate of drug-likeness (QED) is 0.842. The number of piperazine rings is 1. The van der Waals surface area contributed by atoms with Gasteiger partial charge in [-0.2, -0.15) is 0 Å². The van der Waals surface area contributed by atoms with Gasteiger partial charge in [-0.15, -0.1) is 0 Å². The molecule has 0 N–H and O–H groups in total. The number of ether oxygens (including phenoxy) is 1. The second kappa shape index (κ2) is 7.89. The normalized spacial score (nSPS) is 15.0. The van der Waals surface area contributed by atoms with E-state index in [1.807, 2.05) is 42.7 Å². The van der Waals surface area contributed by atoms with E-state index in [-0.39, 0.29) is 23.7 Å². The fourth-order valence-corrected chi connectivity index (χ4v) is 3.22. The minimum Gasteiger partial charge on any atom is -0.496 e. The summed E-state index contributed by atoms with van der Waals surface area (Å²) >= 11 is 0. The van der Waals surface area contributed by atoms with Gasteiger partial charge in [-0.05, 0) is 36.1 Å². The molecule has 0 bridgehead atoms. The van der Waals surface area contributed by atoms with Crippen LogP contribution < -0.4 is 4.74 Å². The molecule has 1 heterocycles. The minimum atomic E-state index is -0.000292. The van der Waals surface area contributed by atoms with E-state index < -0.39 is 0 Å². The predicted molar refractivity (Wildman–Crippen MR) is 99.1 cm³/mol. The van der Waals surface area contributed by atoms with E-state index >= 15 is 0 Å². The molecule has 2 amide bonds. The number of carbonyl (C=O) groups is 2. The Morgan fingerprint density at radius 2 is 1.56 bits per heavy atom. The first kappa shape index (κ1) is 19.3. The number of hydrogen-bond acceptors (Lipinski definition) is 3. The average Bonchev–Trinajstić information content (AvgIpc) is 2.59. The molecule has 25 heavy (non-hydrogen) atoms. The van der Waals surface area contributed by atoms with Crippen LogP contribution in [-0.4, -0.2) is 54.9 Å². The van der Waals surface area contributed by atoms with Gasteiger partial charge in [-0.3, -0.25) is 9.59 Å². The van der Waals surface area contributed by atoms with Crippen LogP contribution in [0.4, 0.5) is 0 Å². The van der Waals surface area contributed by atoms with Gasteiger partial charge in [0.25, 0.3) is 5.91 Å². The second-order valence-corrected chi connectivity index (χ2v) is 7.34. The van der Waals surface area contributed by atoms with Crippen LogP contribution in [0.5, 0.6) is 5.75 Å². The van der Waals surface area contributed by atoms with Gasteiger partial charge in [-0.1, -0.05) is 27.7 Å². The topological polar surface area (TPSA) is 49.9 Å². The van der Waals surface area contributed by atoms with E-state index in [2.05, 4.69) is 13.8 Å². The average molecular weight is 346 g/mol. The van der Waals surface area contributed by atoms with E-state index in [9.17, 15) is 9.59 Å². The fourth-order valence-electron chi connectivity index (χ4n) is 3.22. The van der Waals surface area contributed by atoms with Crippen molar-refractivity contribution >= 4 is 11.8 Å². The molecule has 0 aliphatic carbocycles. The highest BCUT2D eigenvalue weighted by atomic mass is 16.5. The first-order valence-electron chi connectivity index (χ1n) is 9.02. The van der Waals surface area contributed by atoms with Gasteiger partial charge in [-0.25, -0.2) is 0 Å². The molecule has 2 rings (SSSR count). The molecule has 1 saturated heterocycles. The molecule has 0 atom stereocenters. The number of carbonyl (C=O) groups excluding carboxylic acids is 2. The highest BCUT2D eigenvalue weighted by Gasteiger charge is 2.27. The van der Waals surface area contributed by atoms with Crippen LogP contribution in [0.15, 0.2) is 12.1 Å². The maximum atomic E-state index is 13.0. The molecule has 1 fully saturated rings. The molecular formula is C20H30N2O3. The maximum absolute atomic E-state index is 13.0. The number of rotatable bonds is 4. The van der Waals surface area contributed by atoms with E-state index in [1.54, 1.807) is 7.11 Å². The van der Waals surface area contributed by atoms with Gasteiger partial charge in [0.1, 0.15) is 5.75 Å². The van der Waals surface area contributed by atoms with E-state index in [0.29, 0.717) is 26.2 Å². The summed E-state index contributed by atoms with van der Waals surface area (Å²) in [7, 11) is 1.66. The molecule has 1 aromatic rings. The summed E-state index contributed by atoms with van der Waals surface area (Å²) in [5.74, 6) is 1.31. The molecule has 5 nitrogen and oxygen atoms in total. The summed E-state index contributed by atoms with van der Waals surface area (Å²) in [6, 6.07) is 3.91. The van der Waals surface area contributed by atoms with Crippen LogP contribution in [0.3, 0.4) is 0 Å². The van der Waals surface area contributed by atoms with Gasteiger partial charge in [0.2, 0.25) is 5.91 Å². The molecule has 1 aliphatic heterocycles. The first-order valence-corrected chi connectivity index (χ1v) is 9.02. The summed E-state index contributed by atoms with van der Waals surface area (Å²) in [6.45, 7) is 12.3. The van der Waals surface area contributed by atoms with Gasteiger partial charge in [0.05, 0.1) is 7.11 Å². The van der Waals surface area contributed by atoms with Crippen LogP contribution in [0.1, 0.15) is 55.1 Å². The lowest BCUT2D eigenvalue weighted by Gasteiger charge is -2.36. The number of nitrogens with zero attached hydrogens (tertiary/aromatic N) is 2. The van der Waals surface area contributed by atoms with Crippen LogP contribution in [-0.2, 0) is 4.79 Å². The highest BCUT2D eigenvalue weighted by molar-refractivity contribution is 5.96. The third-order valence-electron chi connectivity index (χ3n) is 4.80. The van der Waals surface area contributed by atoms with E-state index in [4.69, 9.17) is 4.74 Å². The molecule has 0 spiro atoms. The molecule has 0 saturated carbocycles. The Balaban J connectivity index is 2.16. The maximum Gasteiger partial charge on any atom is 0.254 e. The summed E-state index contributed by atoms with van der Waals surface area (Å²) in [6.07, 6.45) is 0. The predicted octanol–water partition coefficient (Wildman–Crippen LogP) is 3.07. The zero-order valence-corrected chi connectivity index (χ0v) is 16.3. The lowest BCUT2D eigenvalue weighted by atomic mass is 9.95. The van der Waals surface area contributed by atoms with E-state index in [0.717, 1.165) is 22.4 Å². The Bertz CT molecular complexity index is 645. The Morgan fingerprint density at radius 3 is 2.04 bits per heavy atom. The van der Waals surface area contributed by atoms with Crippen molar-refractivity contribution in [2.75, 3.05) is 33.3 Å². The fraction of sp³-hybridized carbons (Fsp3) is 0.600. The molecule has 0 radical (unpaired) electrons. The largest absolute Gasteiger partial charge is 0.496 e. The Morgan fingerprint density at radius 1 is 1.00 bits per heavy atom. The molecule has 1 aliphatic rings. The summed E-state index contributed by atoms with van der Waals surface area (Å²) in [5.41, 5.74) is 2.70. The zero-order chi connectivity index (χ0) is 18.7. The number of benzene rings is 1. The number of amides is 2. The summed E-state index contributed by atoms with van der Waals surface area (Å²) < 4.78 is 5.46. The van der Waals surface area contributed by atoms with Crippen LogP contribution >= 0.6 is 0 Å². The van der Waals surface area contributed by atoms with Gasteiger partial charge in [0, 0.05) is 37.7 Å². The van der Waals surface area contributed by atoms with Gasteiger partial charge in [0.15, 0.2) is 0 Å². The summed E-state index contributed by atoms with van der Waals surface area (Å²) in [4.78, 5) is 28.8. The standard InChI is InChI=1S/C20H30N2O3/c1-13(2)16-12-17(15(5)11-18(16)25-6)20(24)22-9-7-21(8-10-22)19(23)14(3)4/h11-14H,7-10H2,1-6H3. The monoisotopic (exact) mass is 346 g/mol. The Kier molecular flexibility index (Phi) is 6.09. The third-order valence-corrected chi connectivity index (χ3v) is 4.80. The van der Waals surface area contributed by atoms with Crippen molar-refractivity contribution in [1.82, 2.24) is 9.80 Å². The van der Waals surface area contributed by atoms with Crippen LogP contribution in [0.25, 0.3) is 0 Å². The summed E-state index contributed by atoms with van der Waals surface area (Å²) in [5, 5.41) is 0.